The molecular formula is C16H26N2O2. The summed E-state index contributed by atoms with van der Waals surface area (Å²) < 4.78 is 5.13. The van der Waals surface area contributed by atoms with E-state index < -0.39 is 0 Å². The van der Waals surface area contributed by atoms with Crippen molar-refractivity contribution in [1.82, 2.24) is 5.32 Å². The van der Waals surface area contributed by atoms with Crippen molar-refractivity contribution in [2.45, 2.75) is 51.6 Å². The Kier molecular flexibility index (Phi) is 7.09. The molecule has 0 aliphatic rings. The van der Waals surface area contributed by atoms with Gasteiger partial charge in [0.25, 0.3) is 0 Å². The van der Waals surface area contributed by atoms with Crippen molar-refractivity contribution in [3.05, 3.63) is 29.8 Å². The van der Waals surface area contributed by atoms with Crippen LogP contribution >= 0.6 is 0 Å². The van der Waals surface area contributed by atoms with Crippen LogP contribution < -0.4 is 15.8 Å². The number of methoxy groups -OCH3 is 1. The molecule has 1 aromatic carbocycles. The lowest BCUT2D eigenvalue weighted by Crippen LogP contribution is -2.33. The first-order valence-corrected chi connectivity index (χ1v) is 7.19. The highest BCUT2D eigenvalue weighted by Crippen LogP contribution is 2.13. The summed E-state index contributed by atoms with van der Waals surface area (Å²) in [6, 6.07) is 8.29. The molecule has 0 bridgehead atoms. The number of hydrogen-bond donors (Lipinski definition) is 2. The summed E-state index contributed by atoms with van der Waals surface area (Å²) in [4.78, 5) is 11.7. The molecule has 1 amide bonds. The van der Waals surface area contributed by atoms with Gasteiger partial charge < -0.3 is 15.8 Å². The Balaban J connectivity index is 2.28. The number of ether oxygens (including phenoxy) is 1. The molecule has 3 N–H and O–H groups in total. The number of hydrogen-bond acceptors (Lipinski definition) is 3. The molecule has 0 saturated heterocycles. The molecule has 20 heavy (non-hydrogen) atoms. The Labute approximate surface area is 121 Å². The molecule has 0 fully saturated rings. The normalized spacial score (nSPS) is 13.6. The van der Waals surface area contributed by atoms with Crippen molar-refractivity contribution in [2.75, 3.05) is 7.11 Å². The molecule has 1 rings (SSSR count). The zero-order valence-corrected chi connectivity index (χ0v) is 12.7. The Morgan fingerprint density at radius 3 is 2.45 bits per heavy atom. The van der Waals surface area contributed by atoms with Gasteiger partial charge in [-0.1, -0.05) is 12.1 Å². The zero-order chi connectivity index (χ0) is 15.0. The molecule has 112 valence electrons. The number of carbonyl (C=O) groups is 1. The standard InChI is InChI=1S/C16H26N2O2/c1-12(17)4-11-16(19)18-13(2)5-6-14-7-9-15(20-3)10-8-14/h7-10,12-13H,4-6,11,17H2,1-3H3,(H,18,19). The van der Waals surface area contributed by atoms with E-state index in [1.165, 1.54) is 5.56 Å². The summed E-state index contributed by atoms with van der Waals surface area (Å²) in [5, 5.41) is 3.01. The van der Waals surface area contributed by atoms with Crippen LogP contribution in [0.5, 0.6) is 5.75 Å². The van der Waals surface area contributed by atoms with Crippen LogP contribution in [-0.2, 0) is 11.2 Å². The number of rotatable bonds is 8. The molecule has 2 unspecified atom stereocenters. The Morgan fingerprint density at radius 1 is 1.25 bits per heavy atom. The molecule has 0 spiro atoms. The highest BCUT2D eigenvalue weighted by atomic mass is 16.5. The van der Waals surface area contributed by atoms with E-state index in [1.54, 1.807) is 7.11 Å². The van der Waals surface area contributed by atoms with Crippen molar-refractivity contribution < 1.29 is 9.53 Å². The van der Waals surface area contributed by atoms with Gasteiger partial charge >= 0.3 is 0 Å². The fraction of sp³-hybridized carbons (Fsp3) is 0.562. The predicted octanol–water partition coefficient (Wildman–Crippen LogP) is 2.26. The zero-order valence-electron chi connectivity index (χ0n) is 12.7. The van der Waals surface area contributed by atoms with Crippen LogP contribution in [0.15, 0.2) is 24.3 Å². The topological polar surface area (TPSA) is 64.3 Å². The Hall–Kier alpha value is -1.55. The third kappa shape index (κ3) is 6.57. The smallest absolute Gasteiger partial charge is 0.220 e. The lowest BCUT2D eigenvalue weighted by molar-refractivity contribution is -0.121. The van der Waals surface area contributed by atoms with Crippen LogP contribution in [0.2, 0.25) is 0 Å². The molecule has 0 radical (unpaired) electrons. The van der Waals surface area contributed by atoms with Crippen LogP contribution in [-0.4, -0.2) is 25.1 Å². The fourth-order valence-corrected chi connectivity index (χ4v) is 1.95. The first kappa shape index (κ1) is 16.5. The summed E-state index contributed by atoms with van der Waals surface area (Å²) in [7, 11) is 1.66. The van der Waals surface area contributed by atoms with Gasteiger partial charge in [0.2, 0.25) is 5.91 Å². The van der Waals surface area contributed by atoms with Crippen LogP contribution in [0.4, 0.5) is 0 Å². The molecular weight excluding hydrogens is 252 g/mol. The van der Waals surface area contributed by atoms with E-state index in [0.29, 0.717) is 6.42 Å². The van der Waals surface area contributed by atoms with Gasteiger partial charge in [0.1, 0.15) is 5.75 Å². The second-order valence-corrected chi connectivity index (χ2v) is 5.37. The third-order valence-electron chi connectivity index (χ3n) is 3.26. The van der Waals surface area contributed by atoms with Crippen LogP contribution in [0.25, 0.3) is 0 Å². The molecule has 0 aromatic heterocycles. The number of carbonyl (C=O) groups excluding carboxylic acids is 1. The lowest BCUT2D eigenvalue weighted by Gasteiger charge is -2.14. The Bertz CT molecular complexity index is 401. The van der Waals surface area contributed by atoms with Crippen molar-refractivity contribution >= 4 is 5.91 Å². The van der Waals surface area contributed by atoms with E-state index in [9.17, 15) is 4.79 Å². The molecule has 1 aromatic rings. The van der Waals surface area contributed by atoms with E-state index in [4.69, 9.17) is 10.5 Å². The molecule has 4 heteroatoms. The van der Waals surface area contributed by atoms with Crippen molar-refractivity contribution in [3.8, 4) is 5.75 Å². The first-order valence-electron chi connectivity index (χ1n) is 7.19. The van der Waals surface area contributed by atoms with Gasteiger partial charge in [0.15, 0.2) is 0 Å². The largest absolute Gasteiger partial charge is 0.497 e. The van der Waals surface area contributed by atoms with E-state index >= 15 is 0 Å². The lowest BCUT2D eigenvalue weighted by atomic mass is 10.1. The van der Waals surface area contributed by atoms with Crippen molar-refractivity contribution in [1.29, 1.82) is 0 Å². The van der Waals surface area contributed by atoms with Gasteiger partial charge in [0.05, 0.1) is 7.11 Å². The van der Waals surface area contributed by atoms with Gasteiger partial charge in [-0.2, -0.15) is 0 Å². The summed E-state index contributed by atoms with van der Waals surface area (Å²) >= 11 is 0. The first-order chi connectivity index (χ1) is 9.51. The summed E-state index contributed by atoms with van der Waals surface area (Å²) in [5.41, 5.74) is 6.89. The van der Waals surface area contributed by atoms with E-state index in [-0.39, 0.29) is 18.0 Å². The van der Waals surface area contributed by atoms with Crippen LogP contribution in [0.3, 0.4) is 0 Å². The number of aryl methyl sites for hydroxylation is 1. The van der Waals surface area contributed by atoms with Crippen LogP contribution in [0, 0.1) is 0 Å². The number of nitrogens with two attached hydrogens (primary N) is 1. The van der Waals surface area contributed by atoms with E-state index in [1.807, 2.05) is 26.0 Å². The summed E-state index contributed by atoms with van der Waals surface area (Å²) in [5.74, 6) is 0.954. The molecule has 0 saturated carbocycles. The van der Waals surface area contributed by atoms with E-state index in [0.717, 1.165) is 25.0 Å². The number of benzene rings is 1. The predicted molar refractivity (Wildman–Crippen MR) is 81.8 cm³/mol. The molecule has 0 aliphatic heterocycles. The second-order valence-electron chi connectivity index (χ2n) is 5.37. The minimum atomic E-state index is 0.0790. The summed E-state index contributed by atoms with van der Waals surface area (Å²) in [6.45, 7) is 3.95. The average Bonchev–Trinajstić information content (AvgIpc) is 2.43. The number of nitrogens with one attached hydrogen (secondary N) is 1. The monoisotopic (exact) mass is 278 g/mol. The highest BCUT2D eigenvalue weighted by molar-refractivity contribution is 5.76. The minimum absolute atomic E-state index is 0.0790. The SMILES string of the molecule is COc1ccc(CCC(C)NC(=O)CCC(C)N)cc1. The highest BCUT2D eigenvalue weighted by Gasteiger charge is 2.08. The molecule has 4 nitrogen and oxygen atoms in total. The van der Waals surface area contributed by atoms with Gasteiger partial charge in [0, 0.05) is 18.5 Å². The molecule has 0 aliphatic carbocycles. The van der Waals surface area contributed by atoms with E-state index in [2.05, 4.69) is 17.4 Å². The second kappa shape index (κ2) is 8.59. The minimum Gasteiger partial charge on any atom is -0.497 e. The third-order valence-corrected chi connectivity index (χ3v) is 3.26. The van der Waals surface area contributed by atoms with Crippen molar-refractivity contribution in [2.24, 2.45) is 5.73 Å². The average molecular weight is 278 g/mol. The Morgan fingerprint density at radius 2 is 1.90 bits per heavy atom. The van der Waals surface area contributed by atoms with Gasteiger partial charge in [-0.25, -0.2) is 0 Å². The van der Waals surface area contributed by atoms with Gasteiger partial charge in [-0.05, 0) is 50.8 Å². The molecule has 0 heterocycles. The maximum atomic E-state index is 11.7. The summed E-state index contributed by atoms with van der Waals surface area (Å²) in [6.07, 6.45) is 3.11. The number of amides is 1. The maximum absolute atomic E-state index is 11.7. The fourth-order valence-electron chi connectivity index (χ4n) is 1.95. The van der Waals surface area contributed by atoms with Crippen LogP contribution in [0.1, 0.15) is 38.7 Å². The van der Waals surface area contributed by atoms with Gasteiger partial charge in [-0.15, -0.1) is 0 Å². The molecule has 2 atom stereocenters. The maximum Gasteiger partial charge on any atom is 0.220 e. The van der Waals surface area contributed by atoms with Crippen molar-refractivity contribution in [3.63, 3.8) is 0 Å². The quantitative estimate of drug-likeness (QED) is 0.766. The van der Waals surface area contributed by atoms with Gasteiger partial charge in [-0.3, -0.25) is 4.79 Å².